The number of ether oxygens (including phenoxy) is 3. The summed E-state index contributed by atoms with van der Waals surface area (Å²) >= 11 is 0. The van der Waals surface area contributed by atoms with Crippen LogP contribution in [0.3, 0.4) is 0 Å². The van der Waals surface area contributed by atoms with E-state index in [2.05, 4.69) is 0 Å². The first kappa shape index (κ1) is 16.8. The topological polar surface area (TPSA) is 68.4 Å². The zero-order valence-electron chi connectivity index (χ0n) is 13.8. The third-order valence-electron chi connectivity index (χ3n) is 4.47. The van der Waals surface area contributed by atoms with Gasteiger partial charge in [0.25, 0.3) is 0 Å². The molecule has 0 aromatic heterocycles. The summed E-state index contributed by atoms with van der Waals surface area (Å²) in [7, 11) is 0. The van der Waals surface area contributed by atoms with E-state index in [0.717, 1.165) is 24.8 Å². The molecule has 3 rings (SSSR count). The molecular weight excluding hydrogens is 310 g/mol. The molecule has 2 fully saturated rings. The van der Waals surface area contributed by atoms with Crippen LogP contribution in [-0.2, 0) is 25.6 Å². The van der Waals surface area contributed by atoms with Gasteiger partial charge in [-0.05, 0) is 24.8 Å². The minimum atomic E-state index is -0.365. The predicted octanol–water partition coefficient (Wildman–Crippen LogP) is 2.51. The minimum absolute atomic E-state index is 0.00239. The van der Waals surface area contributed by atoms with Crippen molar-refractivity contribution >= 4 is 12.1 Å². The Kier molecular flexibility index (Phi) is 5.35. The second-order valence-electron chi connectivity index (χ2n) is 6.27. The van der Waals surface area contributed by atoms with Crippen LogP contribution < -0.4 is 0 Å². The lowest BCUT2D eigenvalue weighted by molar-refractivity contribution is -0.143. The molecule has 0 bridgehead atoms. The van der Waals surface area contributed by atoms with Gasteiger partial charge in [-0.25, -0.2) is 4.79 Å². The van der Waals surface area contributed by atoms with Crippen molar-refractivity contribution in [2.45, 2.75) is 51.0 Å². The van der Waals surface area contributed by atoms with E-state index in [1.165, 1.54) is 6.92 Å². The third kappa shape index (κ3) is 4.26. The Morgan fingerprint density at radius 2 is 1.96 bits per heavy atom. The summed E-state index contributed by atoms with van der Waals surface area (Å²) in [6, 6.07) is 9.43. The van der Waals surface area contributed by atoms with Crippen LogP contribution >= 0.6 is 0 Å². The second kappa shape index (κ2) is 7.66. The van der Waals surface area contributed by atoms with Crippen LogP contribution in [0.2, 0.25) is 0 Å². The lowest BCUT2D eigenvalue weighted by atomic mass is 9.94. The Hall–Kier alpha value is -2.08. The van der Waals surface area contributed by atoms with Gasteiger partial charge in [-0.2, -0.15) is 0 Å². The smallest absolute Gasteiger partial charge is 0.410 e. The molecule has 0 saturated carbocycles. The van der Waals surface area contributed by atoms with Crippen LogP contribution in [0.4, 0.5) is 4.79 Å². The van der Waals surface area contributed by atoms with E-state index < -0.39 is 0 Å². The second-order valence-corrected chi connectivity index (χ2v) is 6.27. The average Bonchev–Trinajstić information content (AvgIpc) is 3.43. The van der Waals surface area contributed by atoms with Crippen LogP contribution in [0.25, 0.3) is 0 Å². The monoisotopic (exact) mass is 333 g/mol. The molecule has 2 aliphatic rings. The van der Waals surface area contributed by atoms with E-state index in [1.807, 2.05) is 30.3 Å². The van der Waals surface area contributed by atoms with E-state index in [1.54, 1.807) is 4.90 Å². The number of benzene rings is 1. The van der Waals surface area contributed by atoms with Crippen LogP contribution in [-0.4, -0.2) is 48.4 Å². The van der Waals surface area contributed by atoms with E-state index >= 15 is 0 Å². The molecule has 0 radical (unpaired) electrons. The first-order chi connectivity index (χ1) is 11.6. The van der Waals surface area contributed by atoms with Gasteiger partial charge in [-0.15, -0.1) is 0 Å². The molecule has 1 aromatic carbocycles. The number of piperidine rings is 1. The molecule has 6 nitrogen and oxygen atoms in total. The van der Waals surface area contributed by atoms with Crippen LogP contribution in [0, 0.1) is 0 Å². The largest absolute Gasteiger partial charge is 0.464 e. The molecule has 2 heterocycles. The van der Waals surface area contributed by atoms with E-state index in [0.29, 0.717) is 6.61 Å². The highest BCUT2D eigenvalue weighted by atomic mass is 16.6. The van der Waals surface area contributed by atoms with Gasteiger partial charge in [0.2, 0.25) is 0 Å². The molecule has 1 amide bonds. The van der Waals surface area contributed by atoms with Gasteiger partial charge < -0.3 is 14.2 Å². The highest BCUT2D eigenvalue weighted by Crippen LogP contribution is 2.32. The molecule has 0 unspecified atom stereocenters. The van der Waals surface area contributed by atoms with Crippen molar-refractivity contribution in [3.63, 3.8) is 0 Å². The zero-order chi connectivity index (χ0) is 16.9. The van der Waals surface area contributed by atoms with Crippen molar-refractivity contribution in [1.82, 2.24) is 4.90 Å². The first-order valence-corrected chi connectivity index (χ1v) is 8.39. The zero-order valence-corrected chi connectivity index (χ0v) is 13.8. The van der Waals surface area contributed by atoms with Crippen LogP contribution in [0.15, 0.2) is 30.3 Å². The number of epoxide rings is 1. The summed E-state index contributed by atoms with van der Waals surface area (Å²) in [6.07, 6.45) is 2.39. The van der Waals surface area contributed by atoms with Gasteiger partial charge in [-0.3, -0.25) is 9.69 Å². The fourth-order valence-corrected chi connectivity index (χ4v) is 3.21. The van der Waals surface area contributed by atoms with Gasteiger partial charge >= 0.3 is 12.1 Å². The van der Waals surface area contributed by atoms with Gasteiger partial charge in [-0.1, -0.05) is 30.3 Å². The Labute approximate surface area is 141 Å². The lowest BCUT2D eigenvalue weighted by Gasteiger charge is -2.40. The Morgan fingerprint density at radius 3 is 2.62 bits per heavy atom. The Morgan fingerprint density at radius 1 is 1.21 bits per heavy atom. The summed E-state index contributed by atoms with van der Waals surface area (Å²) < 4.78 is 16.1. The summed E-state index contributed by atoms with van der Waals surface area (Å²) in [5.74, 6) is -0.336. The van der Waals surface area contributed by atoms with Gasteiger partial charge in [0.15, 0.2) is 0 Å². The first-order valence-electron chi connectivity index (χ1n) is 8.39. The number of hydrogen-bond donors (Lipinski definition) is 0. The average molecular weight is 333 g/mol. The van der Waals surface area contributed by atoms with Crippen molar-refractivity contribution in [2.24, 2.45) is 0 Å². The van der Waals surface area contributed by atoms with E-state index in [9.17, 15) is 9.59 Å². The predicted molar refractivity (Wildman–Crippen MR) is 86.3 cm³/mol. The van der Waals surface area contributed by atoms with Crippen molar-refractivity contribution < 1.29 is 23.8 Å². The fourth-order valence-electron chi connectivity index (χ4n) is 3.21. The SMILES string of the molecule is CC(=O)OC[C@@H]1CCC[C@H]([C@@H]2CO2)N1C(=O)OCc1ccccc1. The number of nitrogens with zero attached hydrogens (tertiary/aromatic N) is 1. The summed E-state index contributed by atoms with van der Waals surface area (Å²) in [4.78, 5) is 25.5. The third-order valence-corrected chi connectivity index (χ3v) is 4.47. The molecule has 2 aliphatic heterocycles. The standard InChI is InChI=1S/C18H23NO5/c1-13(20)22-11-15-8-5-9-16(17-12-23-17)19(15)18(21)24-10-14-6-3-2-4-7-14/h2-4,6-7,15-17H,5,8-12H2,1H3/t15-,16+,17-/m0/s1. The van der Waals surface area contributed by atoms with Crippen molar-refractivity contribution in [2.75, 3.05) is 13.2 Å². The quantitative estimate of drug-likeness (QED) is 0.612. The van der Waals surface area contributed by atoms with Gasteiger partial charge in [0, 0.05) is 6.92 Å². The highest BCUT2D eigenvalue weighted by molar-refractivity contribution is 5.69. The van der Waals surface area contributed by atoms with Crippen LogP contribution in [0.1, 0.15) is 31.7 Å². The molecule has 3 atom stereocenters. The molecule has 6 heteroatoms. The summed E-state index contributed by atoms with van der Waals surface area (Å²) in [5.41, 5.74) is 0.943. The van der Waals surface area contributed by atoms with Crippen molar-refractivity contribution in [1.29, 1.82) is 0 Å². The lowest BCUT2D eigenvalue weighted by Crippen LogP contribution is -2.54. The highest BCUT2D eigenvalue weighted by Gasteiger charge is 2.44. The minimum Gasteiger partial charge on any atom is -0.464 e. The summed E-state index contributed by atoms with van der Waals surface area (Å²) in [6.45, 7) is 2.49. The molecule has 0 spiro atoms. The molecule has 0 aliphatic carbocycles. The molecule has 2 saturated heterocycles. The number of likely N-dealkylation sites (tertiary alicyclic amines) is 1. The van der Waals surface area contributed by atoms with Crippen LogP contribution in [0.5, 0.6) is 0 Å². The van der Waals surface area contributed by atoms with E-state index in [4.69, 9.17) is 14.2 Å². The Balaban J connectivity index is 1.65. The normalized spacial score (nSPS) is 25.9. The molecule has 24 heavy (non-hydrogen) atoms. The number of esters is 1. The number of carbonyl (C=O) groups is 2. The molecule has 1 aromatic rings. The molecule has 130 valence electrons. The summed E-state index contributed by atoms with van der Waals surface area (Å²) in [5, 5.41) is 0. The maximum Gasteiger partial charge on any atom is 0.410 e. The Bertz CT molecular complexity index is 572. The van der Waals surface area contributed by atoms with Gasteiger partial charge in [0.05, 0.1) is 18.7 Å². The number of hydrogen-bond acceptors (Lipinski definition) is 5. The molecular formula is C18H23NO5. The van der Waals surface area contributed by atoms with Crippen molar-refractivity contribution in [3.05, 3.63) is 35.9 Å². The number of amides is 1. The van der Waals surface area contributed by atoms with Gasteiger partial charge in [0.1, 0.15) is 19.3 Å². The maximum atomic E-state index is 12.7. The molecule has 0 N–H and O–H groups in total. The van der Waals surface area contributed by atoms with E-state index in [-0.39, 0.29) is 43.5 Å². The van der Waals surface area contributed by atoms with Crippen molar-refractivity contribution in [3.8, 4) is 0 Å². The maximum absolute atomic E-state index is 12.7. The fraction of sp³-hybridized carbons (Fsp3) is 0.556. The number of carbonyl (C=O) groups excluding carboxylic acids is 2. The number of rotatable bonds is 5.